The van der Waals surface area contributed by atoms with Gasteiger partial charge >= 0.3 is 0 Å². The summed E-state index contributed by atoms with van der Waals surface area (Å²) in [4.78, 5) is 0.409. The number of rotatable bonds is 4. The van der Waals surface area contributed by atoms with Crippen LogP contribution in [0.1, 0.15) is 18.9 Å². The molecule has 15 heavy (non-hydrogen) atoms. The standard InChI is InChI=1S/C11H13NO2S/c1-2-9(8-12)7-10-5-3-4-6-11(10)15(13)14/h3-6,9H,2,7H2,1H3,(H,13,14). The van der Waals surface area contributed by atoms with Gasteiger partial charge in [-0.25, -0.2) is 4.21 Å². The summed E-state index contributed by atoms with van der Waals surface area (Å²) >= 11 is -1.97. The van der Waals surface area contributed by atoms with Gasteiger partial charge in [0.1, 0.15) is 0 Å². The van der Waals surface area contributed by atoms with Gasteiger partial charge in [0.05, 0.1) is 16.9 Å². The van der Waals surface area contributed by atoms with E-state index in [0.29, 0.717) is 11.3 Å². The summed E-state index contributed by atoms with van der Waals surface area (Å²) in [6.07, 6.45) is 1.29. The Kier molecular flexibility index (Phi) is 4.47. The second-order valence-corrected chi connectivity index (χ2v) is 4.23. The smallest absolute Gasteiger partial charge is 0.186 e. The summed E-state index contributed by atoms with van der Waals surface area (Å²) in [5.74, 6) is -0.0882. The van der Waals surface area contributed by atoms with Crippen LogP contribution in [-0.2, 0) is 17.5 Å². The summed E-state index contributed by atoms with van der Waals surface area (Å²) in [6.45, 7) is 1.94. The van der Waals surface area contributed by atoms with Crippen LogP contribution in [0.15, 0.2) is 29.2 Å². The Morgan fingerprint density at radius 1 is 1.53 bits per heavy atom. The molecular formula is C11H13NO2S. The molecule has 0 bridgehead atoms. The Morgan fingerprint density at radius 2 is 2.20 bits per heavy atom. The first-order chi connectivity index (χ1) is 7.19. The average Bonchev–Trinajstić information content (AvgIpc) is 2.26. The summed E-state index contributed by atoms with van der Waals surface area (Å²) in [7, 11) is 0. The van der Waals surface area contributed by atoms with E-state index in [0.717, 1.165) is 12.0 Å². The highest BCUT2D eigenvalue weighted by Crippen LogP contribution is 2.18. The summed E-state index contributed by atoms with van der Waals surface area (Å²) < 4.78 is 20.1. The topological polar surface area (TPSA) is 61.1 Å². The average molecular weight is 223 g/mol. The molecule has 0 aliphatic rings. The maximum absolute atomic E-state index is 11.0. The van der Waals surface area contributed by atoms with E-state index in [1.807, 2.05) is 13.0 Å². The van der Waals surface area contributed by atoms with Gasteiger partial charge in [-0.3, -0.25) is 0 Å². The molecule has 0 saturated heterocycles. The van der Waals surface area contributed by atoms with Gasteiger partial charge in [0.15, 0.2) is 11.1 Å². The Morgan fingerprint density at radius 3 is 2.73 bits per heavy atom. The Balaban J connectivity index is 2.94. The third-order valence-corrected chi connectivity index (χ3v) is 3.08. The lowest BCUT2D eigenvalue weighted by molar-refractivity contribution is 0.560. The Labute approximate surface area is 92.0 Å². The molecule has 1 N–H and O–H groups in total. The molecule has 1 aromatic rings. The van der Waals surface area contributed by atoms with Crippen LogP contribution in [0.2, 0.25) is 0 Å². The van der Waals surface area contributed by atoms with Crippen molar-refractivity contribution in [2.45, 2.75) is 24.7 Å². The minimum absolute atomic E-state index is 0.0882. The molecule has 4 heteroatoms. The van der Waals surface area contributed by atoms with E-state index in [1.54, 1.807) is 18.2 Å². The first-order valence-corrected chi connectivity index (χ1v) is 5.88. The monoisotopic (exact) mass is 223 g/mol. The molecular weight excluding hydrogens is 210 g/mol. The molecule has 0 spiro atoms. The number of nitrogens with zero attached hydrogens (tertiary/aromatic N) is 1. The Bertz CT molecular complexity index is 398. The van der Waals surface area contributed by atoms with Gasteiger partial charge in [-0.2, -0.15) is 5.26 Å². The first-order valence-electron chi connectivity index (χ1n) is 4.77. The van der Waals surface area contributed by atoms with Gasteiger partial charge in [-0.1, -0.05) is 25.1 Å². The van der Waals surface area contributed by atoms with E-state index >= 15 is 0 Å². The second kappa shape index (κ2) is 5.64. The van der Waals surface area contributed by atoms with Gasteiger partial charge in [0.2, 0.25) is 0 Å². The zero-order valence-electron chi connectivity index (χ0n) is 8.51. The predicted molar refractivity (Wildman–Crippen MR) is 58.6 cm³/mol. The van der Waals surface area contributed by atoms with Crippen LogP contribution in [0.25, 0.3) is 0 Å². The lowest BCUT2D eigenvalue weighted by atomic mass is 9.98. The molecule has 1 rings (SSSR count). The maximum atomic E-state index is 11.0. The zero-order chi connectivity index (χ0) is 11.3. The van der Waals surface area contributed by atoms with Gasteiger partial charge < -0.3 is 4.55 Å². The minimum atomic E-state index is -1.97. The molecule has 3 nitrogen and oxygen atoms in total. The molecule has 80 valence electrons. The van der Waals surface area contributed by atoms with Crippen LogP contribution >= 0.6 is 0 Å². The van der Waals surface area contributed by atoms with Gasteiger partial charge in [0.25, 0.3) is 0 Å². The van der Waals surface area contributed by atoms with Gasteiger partial charge in [-0.15, -0.1) is 0 Å². The van der Waals surface area contributed by atoms with Gasteiger partial charge in [-0.05, 0) is 24.5 Å². The lowest BCUT2D eigenvalue weighted by Gasteiger charge is -2.08. The SMILES string of the molecule is CCC(C#N)Cc1ccccc1S(=O)O. The molecule has 0 radical (unpaired) electrons. The number of benzene rings is 1. The minimum Gasteiger partial charge on any atom is -0.302 e. The van der Waals surface area contributed by atoms with Crippen molar-refractivity contribution in [1.82, 2.24) is 0 Å². The van der Waals surface area contributed by atoms with Crippen molar-refractivity contribution in [2.75, 3.05) is 0 Å². The number of hydrogen-bond acceptors (Lipinski definition) is 2. The predicted octanol–water partition coefficient (Wildman–Crippen LogP) is 2.36. The molecule has 0 aliphatic heterocycles. The van der Waals surface area contributed by atoms with Gasteiger partial charge in [0, 0.05) is 0 Å². The van der Waals surface area contributed by atoms with Crippen molar-refractivity contribution >= 4 is 11.1 Å². The van der Waals surface area contributed by atoms with Crippen LogP contribution in [0, 0.1) is 17.2 Å². The van der Waals surface area contributed by atoms with Crippen LogP contribution < -0.4 is 0 Å². The Hall–Kier alpha value is -1.18. The van der Waals surface area contributed by atoms with E-state index in [-0.39, 0.29) is 5.92 Å². The summed E-state index contributed by atoms with van der Waals surface area (Å²) in [6, 6.07) is 9.14. The molecule has 0 amide bonds. The van der Waals surface area contributed by atoms with E-state index < -0.39 is 11.1 Å². The fraction of sp³-hybridized carbons (Fsp3) is 0.364. The number of nitriles is 1. The van der Waals surface area contributed by atoms with Crippen molar-refractivity contribution in [1.29, 1.82) is 5.26 Å². The summed E-state index contributed by atoms with van der Waals surface area (Å²) in [5.41, 5.74) is 0.784. The van der Waals surface area contributed by atoms with E-state index in [2.05, 4.69) is 6.07 Å². The van der Waals surface area contributed by atoms with Crippen LogP contribution in [-0.4, -0.2) is 8.76 Å². The normalized spacial score (nSPS) is 14.2. The quantitative estimate of drug-likeness (QED) is 0.797. The molecule has 0 fully saturated rings. The highest BCUT2D eigenvalue weighted by Gasteiger charge is 2.11. The molecule has 0 heterocycles. The molecule has 0 saturated carbocycles. The second-order valence-electron chi connectivity index (χ2n) is 3.30. The fourth-order valence-electron chi connectivity index (χ4n) is 1.39. The third-order valence-electron chi connectivity index (χ3n) is 2.30. The first kappa shape index (κ1) is 11.9. The molecule has 2 unspecified atom stereocenters. The highest BCUT2D eigenvalue weighted by atomic mass is 32.2. The van der Waals surface area contributed by atoms with Crippen molar-refractivity contribution in [3.63, 3.8) is 0 Å². The number of hydrogen-bond donors (Lipinski definition) is 1. The molecule has 1 aromatic carbocycles. The maximum Gasteiger partial charge on any atom is 0.186 e. The molecule has 0 aromatic heterocycles. The molecule has 2 atom stereocenters. The van der Waals surface area contributed by atoms with Crippen LogP contribution in [0.3, 0.4) is 0 Å². The van der Waals surface area contributed by atoms with Crippen molar-refractivity contribution in [2.24, 2.45) is 5.92 Å². The summed E-state index contributed by atoms with van der Waals surface area (Å²) in [5, 5.41) is 8.83. The largest absolute Gasteiger partial charge is 0.302 e. The highest BCUT2D eigenvalue weighted by molar-refractivity contribution is 7.79. The van der Waals surface area contributed by atoms with Crippen LogP contribution in [0.5, 0.6) is 0 Å². The molecule has 0 aliphatic carbocycles. The van der Waals surface area contributed by atoms with Crippen molar-refractivity contribution < 1.29 is 8.76 Å². The van der Waals surface area contributed by atoms with Crippen molar-refractivity contribution in [3.05, 3.63) is 29.8 Å². The third kappa shape index (κ3) is 3.15. The van der Waals surface area contributed by atoms with E-state index in [9.17, 15) is 4.21 Å². The van der Waals surface area contributed by atoms with E-state index in [1.165, 1.54) is 0 Å². The van der Waals surface area contributed by atoms with E-state index in [4.69, 9.17) is 9.81 Å². The lowest BCUT2D eigenvalue weighted by Crippen LogP contribution is -2.04. The zero-order valence-corrected chi connectivity index (χ0v) is 9.33. The van der Waals surface area contributed by atoms with Crippen LogP contribution in [0.4, 0.5) is 0 Å². The fourth-order valence-corrected chi connectivity index (χ4v) is 1.96. The van der Waals surface area contributed by atoms with Crippen molar-refractivity contribution in [3.8, 4) is 6.07 Å².